The Hall–Kier alpha value is -3.10. The van der Waals surface area contributed by atoms with E-state index in [1.807, 2.05) is 12.1 Å². The van der Waals surface area contributed by atoms with Crippen LogP contribution in [0.15, 0.2) is 36.4 Å². The number of phenols is 3. The van der Waals surface area contributed by atoms with Crippen LogP contribution in [0.3, 0.4) is 0 Å². The summed E-state index contributed by atoms with van der Waals surface area (Å²) in [7, 11) is 6.63. The van der Waals surface area contributed by atoms with Gasteiger partial charge in [0.2, 0.25) is 0 Å². The first-order valence-electron chi connectivity index (χ1n) is 18.3. The van der Waals surface area contributed by atoms with E-state index in [-0.39, 0.29) is 5.75 Å². The zero-order valence-electron chi connectivity index (χ0n) is 30.4. The molecule has 3 aromatic carbocycles. The van der Waals surface area contributed by atoms with E-state index >= 15 is 0 Å². The molecule has 49 heavy (non-hydrogen) atoms. The molecule has 0 spiro atoms. The van der Waals surface area contributed by atoms with E-state index in [0.717, 1.165) is 88.6 Å². The highest BCUT2D eigenvalue weighted by molar-refractivity contribution is 5.54. The van der Waals surface area contributed by atoms with Crippen LogP contribution in [0.4, 0.5) is 0 Å². The number of aryl methyl sites for hydroxylation is 1. The largest absolute Gasteiger partial charge is 0.507 e. The minimum Gasteiger partial charge on any atom is -0.507 e. The Labute approximate surface area is 293 Å². The average molecular weight is 675 g/mol. The summed E-state index contributed by atoms with van der Waals surface area (Å²) in [5.41, 5.74) is 8.01. The molecule has 0 aliphatic heterocycles. The highest BCUT2D eigenvalue weighted by Crippen LogP contribution is 2.47. The predicted molar refractivity (Wildman–Crippen MR) is 194 cm³/mol. The molecule has 3 aromatic rings. The number of hydrogen-bond acceptors (Lipinski definition) is 7. The molecular weight excluding hydrogens is 616 g/mol. The van der Waals surface area contributed by atoms with E-state index in [4.69, 9.17) is 18.9 Å². The Balaban J connectivity index is 1.69. The van der Waals surface area contributed by atoms with Crippen molar-refractivity contribution >= 4 is 0 Å². The molecule has 0 heterocycles. The predicted octanol–water partition coefficient (Wildman–Crippen LogP) is 9.42. The molecule has 0 amide bonds. The summed E-state index contributed by atoms with van der Waals surface area (Å²) in [4.78, 5) is 0. The van der Waals surface area contributed by atoms with Gasteiger partial charge in [0, 0.05) is 56.1 Å². The Morgan fingerprint density at radius 2 is 0.898 bits per heavy atom. The van der Waals surface area contributed by atoms with Crippen molar-refractivity contribution in [3.05, 3.63) is 86.5 Å². The molecule has 3 N–H and O–H groups in total. The lowest BCUT2D eigenvalue weighted by Crippen LogP contribution is -2.26. The van der Waals surface area contributed by atoms with Gasteiger partial charge in [-0.05, 0) is 102 Å². The standard InChI is InChI=1S/C42H58O7/c1-42(17-16-28-18-31(24-46-2)39(43)32(19-28)25-47-3,35-20-33(26-48-4)40(44)37(22-35)29-12-8-6-9-13-29)36-21-34(27-49-5)41(45)38(23-36)30-14-10-7-11-15-30/h18-23,29-30,43-45H,6-17,24-27H2,1-5H3. The van der Waals surface area contributed by atoms with Gasteiger partial charge in [-0.3, -0.25) is 0 Å². The molecule has 0 saturated heterocycles. The first kappa shape index (κ1) is 37.2. The van der Waals surface area contributed by atoms with Crippen LogP contribution >= 0.6 is 0 Å². The van der Waals surface area contributed by atoms with Gasteiger partial charge in [-0.1, -0.05) is 57.6 Å². The van der Waals surface area contributed by atoms with Crippen molar-refractivity contribution in [2.75, 3.05) is 28.4 Å². The molecule has 7 heteroatoms. The first-order valence-corrected chi connectivity index (χ1v) is 18.3. The van der Waals surface area contributed by atoms with E-state index in [2.05, 4.69) is 31.2 Å². The van der Waals surface area contributed by atoms with Crippen LogP contribution in [0.5, 0.6) is 17.2 Å². The van der Waals surface area contributed by atoms with Gasteiger partial charge in [-0.25, -0.2) is 0 Å². The molecule has 268 valence electrons. The molecule has 0 unspecified atom stereocenters. The van der Waals surface area contributed by atoms with Gasteiger partial charge in [-0.2, -0.15) is 0 Å². The lowest BCUT2D eigenvalue weighted by molar-refractivity contribution is 0.174. The van der Waals surface area contributed by atoms with Crippen LogP contribution in [0, 0.1) is 0 Å². The Kier molecular flexibility index (Phi) is 13.1. The number of benzene rings is 3. The number of hydrogen-bond donors (Lipinski definition) is 3. The summed E-state index contributed by atoms with van der Waals surface area (Å²) >= 11 is 0. The molecule has 2 saturated carbocycles. The fourth-order valence-corrected chi connectivity index (χ4v) is 8.41. The monoisotopic (exact) mass is 674 g/mol. The summed E-state index contributed by atoms with van der Waals surface area (Å²) in [5.74, 6) is 1.55. The molecule has 0 aromatic heterocycles. The van der Waals surface area contributed by atoms with Crippen molar-refractivity contribution in [3.63, 3.8) is 0 Å². The van der Waals surface area contributed by atoms with Crippen molar-refractivity contribution in [1.82, 2.24) is 0 Å². The Morgan fingerprint density at radius 3 is 1.27 bits per heavy atom. The van der Waals surface area contributed by atoms with Gasteiger partial charge in [0.25, 0.3) is 0 Å². The van der Waals surface area contributed by atoms with E-state index < -0.39 is 5.41 Å². The van der Waals surface area contributed by atoms with Crippen molar-refractivity contribution in [2.24, 2.45) is 0 Å². The number of ether oxygens (including phenoxy) is 4. The number of aromatic hydroxyl groups is 3. The topological polar surface area (TPSA) is 97.6 Å². The van der Waals surface area contributed by atoms with E-state index in [0.29, 0.717) is 49.8 Å². The van der Waals surface area contributed by atoms with Crippen LogP contribution in [-0.2, 0) is 57.2 Å². The number of rotatable bonds is 15. The summed E-state index contributed by atoms with van der Waals surface area (Å²) < 4.78 is 22.2. The average Bonchev–Trinajstić information content (AvgIpc) is 3.12. The molecule has 2 aliphatic carbocycles. The lowest BCUT2D eigenvalue weighted by atomic mass is 9.69. The molecule has 5 rings (SSSR count). The summed E-state index contributed by atoms with van der Waals surface area (Å²) in [6.07, 6.45) is 12.9. The highest BCUT2D eigenvalue weighted by Gasteiger charge is 2.34. The van der Waals surface area contributed by atoms with Crippen molar-refractivity contribution < 1.29 is 34.3 Å². The lowest BCUT2D eigenvalue weighted by Gasteiger charge is -2.35. The molecule has 2 fully saturated rings. The highest BCUT2D eigenvalue weighted by atomic mass is 16.5. The zero-order chi connectivity index (χ0) is 35.0. The maximum Gasteiger partial charge on any atom is 0.126 e. The maximum atomic E-state index is 11.6. The second-order valence-corrected chi connectivity index (χ2v) is 14.6. The van der Waals surface area contributed by atoms with Crippen LogP contribution in [-0.4, -0.2) is 43.8 Å². The third kappa shape index (κ3) is 8.45. The van der Waals surface area contributed by atoms with Crippen molar-refractivity contribution in [3.8, 4) is 17.2 Å². The summed E-state index contributed by atoms with van der Waals surface area (Å²) in [5, 5.41) is 34.2. The van der Waals surface area contributed by atoms with Crippen LogP contribution in [0.2, 0.25) is 0 Å². The Bertz CT molecular complexity index is 1430. The Morgan fingerprint density at radius 1 is 0.531 bits per heavy atom. The normalized spacial score (nSPS) is 16.3. The van der Waals surface area contributed by atoms with E-state index in [1.165, 1.54) is 38.5 Å². The second kappa shape index (κ2) is 17.2. The first-order chi connectivity index (χ1) is 23.7. The quantitative estimate of drug-likeness (QED) is 0.148. The SMILES string of the molecule is COCc1cc(CCC(C)(c2cc(COC)c(O)c(C3CCCCC3)c2)c2cc(COC)c(O)c(C3CCCCC3)c2)cc(COC)c1O. The van der Waals surface area contributed by atoms with Gasteiger partial charge >= 0.3 is 0 Å². The molecule has 0 atom stereocenters. The van der Waals surface area contributed by atoms with Gasteiger partial charge in [0.15, 0.2) is 0 Å². The van der Waals surface area contributed by atoms with Crippen LogP contribution in [0.25, 0.3) is 0 Å². The minimum atomic E-state index is -0.500. The molecular formula is C42H58O7. The fraction of sp³-hybridized carbons (Fsp3) is 0.571. The smallest absolute Gasteiger partial charge is 0.126 e. The maximum absolute atomic E-state index is 11.6. The zero-order valence-corrected chi connectivity index (χ0v) is 30.4. The summed E-state index contributed by atoms with van der Waals surface area (Å²) in [6.45, 7) is 3.57. The fourth-order valence-electron chi connectivity index (χ4n) is 8.41. The third-order valence-electron chi connectivity index (χ3n) is 11.2. The second-order valence-electron chi connectivity index (χ2n) is 14.6. The molecule has 2 aliphatic rings. The van der Waals surface area contributed by atoms with Crippen LogP contribution in [0.1, 0.15) is 139 Å². The number of phenolic OH excluding ortho intramolecular Hbond substituents is 3. The minimum absolute atomic E-state index is 0.218. The van der Waals surface area contributed by atoms with Gasteiger partial charge < -0.3 is 34.3 Å². The summed E-state index contributed by atoms with van der Waals surface area (Å²) in [6, 6.07) is 12.9. The molecule has 0 bridgehead atoms. The van der Waals surface area contributed by atoms with Gasteiger partial charge in [-0.15, -0.1) is 0 Å². The van der Waals surface area contributed by atoms with Crippen molar-refractivity contribution in [1.29, 1.82) is 0 Å². The molecule has 0 radical (unpaired) electrons. The third-order valence-corrected chi connectivity index (χ3v) is 11.2. The van der Waals surface area contributed by atoms with E-state index in [9.17, 15) is 15.3 Å². The van der Waals surface area contributed by atoms with E-state index in [1.54, 1.807) is 28.4 Å². The van der Waals surface area contributed by atoms with Crippen LogP contribution < -0.4 is 0 Å². The van der Waals surface area contributed by atoms with Crippen molar-refractivity contribution in [2.45, 2.75) is 128 Å². The molecule has 7 nitrogen and oxygen atoms in total. The van der Waals surface area contributed by atoms with Gasteiger partial charge in [0.1, 0.15) is 17.2 Å². The van der Waals surface area contributed by atoms with Gasteiger partial charge in [0.05, 0.1) is 26.4 Å². The number of methoxy groups -OCH3 is 4.